The lowest BCUT2D eigenvalue weighted by molar-refractivity contribution is 0.00881. The van der Waals surface area contributed by atoms with Crippen molar-refractivity contribution in [3.05, 3.63) is 119 Å². The highest BCUT2D eigenvalue weighted by Gasteiger charge is 2.41. The Balaban J connectivity index is 1.10. The average Bonchev–Trinajstić information content (AvgIpc) is 4.21. The molecule has 2 heterocycles. The first-order valence-electron chi connectivity index (χ1n) is 20.2. The first-order chi connectivity index (χ1) is 28.5. The largest absolute Gasteiger partial charge is 0.500 e. The molecule has 0 amide bonds. The van der Waals surface area contributed by atoms with E-state index in [9.17, 15) is 0 Å². The van der Waals surface area contributed by atoms with Crippen molar-refractivity contribution in [3.8, 4) is 47.3 Å². The fourth-order valence-corrected chi connectivity index (χ4v) is 8.78. The Morgan fingerprint density at radius 3 is 1.36 bits per heavy atom. The summed E-state index contributed by atoms with van der Waals surface area (Å²) in [7, 11) is 0.102. The van der Waals surface area contributed by atoms with Crippen LogP contribution in [0.25, 0.3) is 0 Å². The van der Waals surface area contributed by atoms with E-state index in [2.05, 4.69) is 99.4 Å². The lowest BCUT2D eigenvalue weighted by atomic mass is 9.78. The number of hydrogen-bond acceptors (Lipinski definition) is 10. The Hall–Kier alpha value is -4.98. The van der Waals surface area contributed by atoms with Gasteiger partial charge in [-0.05, 0) is 83.1 Å². The molecule has 11 heteroatoms. The van der Waals surface area contributed by atoms with Crippen molar-refractivity contribution in [2.45, 2.75) is 69.3 Å². The number of benzene rings is 4. The van der Waals surface area contributed by atoms with Gasteiger partial charge in [0, 0.05) is 49.6 Å². The topological polar surface area (TPSA) is 102 Å². The predicted molar refractivity (Wildman–Crippen MR) is 230 cm³/mol. The molecule has 2 aliphatic rings. The van der Waals surface area contributed by atoms with Crippen LogP contribution in [0, 0.1) is 24.3 Å². The maximum absolute atomic E-state index is 6.68. The van der Waals surface area contributed by atoms with E-state index in [4.69, 9.17) is 48.1 Å². The van der Waals surface area contributed by atoms with Gasteiger partial charge in [-0.2, -0.15) is 0 Å². The molecular formula is C48H57NO9Si. The van der Waals surface area contributed by atoms with Crippen LogP contribution in [0.1, 0.15) is 56.4 Å². The summed E-state index contributed by atoms with van der Waals surface area (Å²) in [5.74, 6) is 7.98. The molecule has 10 nitrogen and oxygen atoms in total. The fourth-order valence-electron chi connectivity index (χ4n) is 6.64. The summed E-state index contributed by atoms with van der Waals surface area (Å²) in [6, 6.07) is 36.2. The lowest BCUT2D eigenvalue weighted by Crippen LogP contribution is -2.49. The van der Waals surface area contributed by atoms with E-state index in [-0.39, 0.29) is 36.3 Å². The summed E-state index contributed by atoms with van der Waals surface area (Å²) in [6.07, 6.45) is 5.87. The molecular weight excluding hydrogens is 763 g/mol. The van der Waals surface area contributed by atoms with Gasteiger partial charge in [0.2, 0.25) is 0 Å². The third-order valence-electron chi connectivity index (χ3n) is 10.8. The summed E-state index contributed by atoms with van der Waals surface area (Å²) in [6.45, 7) is 12.6. The molecule has 4 aromatic carbocycles. The van der Waals surface area contributed by atoms with E-state index in [0.717, 1.165) is 35.8 Å². The summed E-state index contributed by atoms with van der Waals surface area (Å²) >= 11 is 0. The van der Waals surface area contributed by atoms with Gasteiger partial charge < -0.3 is 47.0 Å². The van der Waals surface area contributed by atoms with Gasteiger partial charge in [-0.15, -0.1) is 6.42 Å². The van der Waals surface area contributed by atoms with Crippen LogP contribution >= 0.6 is 0 Å². The summed E-state index contributed by atoms with van der Waals surface area (Å²) in [4.78, 5) is 0. The quantitative estimate of drug-likeness (QED) is 0.0251. The molecule has 59 heavy (non-hydrogen) atoms. The van der Waals surface area contributed by atoms with Crippen molar-refractivity contribution in [1.29, 1.82) is 0 Å². The summed E-state index contributed by atoms with van der Waals surface area (Å²) in [5.41, 5.74) is 4.19. The van der Waals surface area contributed by atoms with Crippen molar-refractivity contribution < 1.29 is 41.7 Å². The molecule has 6 rings (SSSR count). The number of ether oxygens (including phenoxy) is 6. The van der Waals surface area contributed by atoms with Gasteiger partial charge in [-0.25, -0.2) is 0 Å². The van der Waals surface area contributed by atoms with E-state index in [1.165, 1.54) is 11.1 Å². The molecule has 0 saturated carbocycles. The molecule has 0 aliphatic carbocycles. The van der Waals surface area contributed by atoms with Gasteiger partial charge in [0.15, 0.2) is 0 Å². The van der Waals surface area contributed by atoms with Crippen LogP contribution in [0.2, 0.25) is 6.04 Å². The zero-order chi connectivity index (χ0) is 41.7. The standard InChI is InChI=1S/C48H57NO9Si/c1-8-9-27-49-28-10-29-59(50-6,51-7)58-46(34-54-42-23-15-38(16-24-42)47(2,3)36-11-19-40(20-12-36)52-30-44-32-56-44)35-55-43-25-17-39(18-26-43)48(4,5)37-13-21-41(22-14-37)53-31-45-33-57-45/h1,11-26,44-46,49H,10,28-35H2,2-7H3. The molecule has 312 valence electrons. The fraction of sp³-hybridized carbons (Fsp3) is 0.417. The molecule has 2 atom stereocenters. The van der Waals surface area contributed by atoms with Gasteiger partial charge in [0.05, 0.1) is 13.2 Å². The van der Waals surface area contributed by atoms with E-state index < -0.39 is 14.9 Å². The van der Waals surface area contributed by atoms with Gasteiger partial charge in [0.1, 0.15) is 67.7 Å². The SMILES string of the molecule is C#CC#CNCCC[Si](OC)(OC)OC(COc1ccc(C(C)(C)c2ccc(OCC3CO3)cc2)cc1)COc1ccc(C(C)(C)c2ccc(OCC3CO3)cc2)cc1. The first-order valence-corrected chi connectivity index (χ1v) is 22.1. The molecule has 2 unspecified atom stereocenters. The van der Waals surface area contributed by atoms with Crippen molar-refractivity contribution in [2.24, 2.45) is 0 Å². The number of hydrogen-bond donors (Lipinski definition) is 1. The highest BCUT2D eigenvalue weighted by atomic mass is 28.4. The minimum absolute atomic E-state index is 0.210. The molecule has 4 aromatic rings. The Morgan fingerprint density at radius 1 is 0.644 bits per heavy atom. The molecule has 0 spiro atoms. The lowest BCUT2D eigenvalue weighted by Gasteiger charge is -2.31. The van der Waals surface area contributed by atoms with E-state index in [0.29, 0.717) is 43.7 Å². The van der Waals surface area contributed by atoms with E-state index in [1.807, 2.05) is 48.5 Å². The maximum atomic E-state index is 6.68. The van der Waals surface area contributed by atoms with Gasteiger partial charge in [-0.1, -0.05) is 76.2 Å². The van der Waals surface area contributed by atoms with Crippen LogP contribution in [0.15, 0.2) is 97.1 Å². The first kappa shape index (κ1) is 43.6. The molecule has 2 saturated heterocycles. The summed E-state index contributed by atoms with van der Waals surface area (Å²) in [5, 5.41) is 3.01. The van der Waals surface area contributed by atoms with Crippen LogP contribution < -0.4 is 24.3 Å². The van der Waals surface area contributed by atoms with E-state index >= 15 is 0 Å². The second-order valence-corrected chi connectivity index (χ2v) is 18.7. The zero-order valence-electron chi connectivity index (χ0n) is 35.1. The zero-order valence-corrected chi connectivity index (χ0v) is 36.1. The molecule has 0 bridgehead atoms. The van der Waals surface area contributed by atoms with Gasteiger partial charge in [0.25, 0.3) is 0 Å². The molecule has 2 aliphatic heterocycles. The Morgan fingerprint density at radius 2 is 1.02 bits per heavy atom. The van der Waals surface area contributed by atoms with Gasteiger partial charge in [-0.3, -0.25) is 0 Å². The minimum Gasteiger partial charge on any atom is -0.491 e. The third kappa shape index (κ3) is 12.5. The van der Waals surface area contributed by atoms with Crippen molar-refractivity contribution in [3.63, 3.8) is 0 Å². The van der Waals surface area contributed by atoms with Crippen LogP contribution in [0.5, 0.6) is 23.0 Å². The second kappa shape index (κ2) is 20.3. The maximum Gasteiger partial charge on any atom is 0.500 e. The number of terminal acetylenes is 1. The smallest absolute Gasteiger partial charge is 0.491 e. The average molecular weight is 820 g/mol. The molecule has 1 N–H and O–H groups in total. The highest BCUT2D eigenvalue weighted by molar-refractivity contribution is 6.60. The van der Waals surface area contributed by atoms with Gasteiger partial charge >= 0.3 is 8.80 Å². The van der Waals surface area contributed by atoms with Crippen molar-refractivity contribution >= 4 is 8.80 Å². The third-order valence-corrected chi connectivity index (χ3v) is 13.7. The van der Waals surface area contributed by atoms with Crippen LogP contribution in [-0.2, 0) is 33.6 Å². The minimum atomic E-state index is -3.14. The highest BCUT2D eigenvalue weighted by Crippen LogP contribution is 2.35. The number of nitrogens with one attached hydrogen (secondary N) is 1. The normalized spacial score (nSPS) is 16.5. The Labute approximate surface area is 351 Å². The number of epoxide rings is 2. The number of rotatable bonds is 24. The summed E-state index contributed by atoms with van der Waals surface area (Å²) < 4.78 is 53.6. The monoisotopic (exact) mass is 819 g/mol. The Kier molecular flexibility index (Phi) is 15.0. The van der Waals surface area contributed by atoms with Crippen molar-refractivity contribution in [2.75, 3.05) is 60.4 Å². The van der Waals surface area contributed by atoms with Crippen molar-refractivity contribution in [1.82, 2.24) is 5.32 Å². The van der Waals surface area contributed by atoms with E-state index in [1.54, 1.807) is 14.2 Å². The molecule has 2 fully saturated rings. The van der Waals surface area contributed by atoms with Crippen LogP contribution in [-0.4, -0.2) is 87.5 Å². The predicted octanol–water partition coefficient (Wildman–Crippen LogP) is 7.54. The molecule has 0 aromatic heterocycles. The molecule has 0 radical (unpaired) electrons. The van der Waals surface area contributed by atoms with Crippen LogP contribution in [0.4, 0.5) is 0 Å². The Bertz CT molecular complexity index is 1890. The second-order valence-electron chi connectivity index (χ2n) is 15.8. The van der Waals surface area contributed by atoms with Crippen LogP contribution in [0.3, 0.4) is 0 Å².